The Morgan fingerprint density at radius 2 is 2.00 bits per heavy atom. The Morgan fingerprint density at radius 1 is 1.17 bits per heavy atom. The van der Waals surface area contributed by atoms with Crippen LogP contribution < -0.4 is 10.6 Å². The maximum absolute atomic E-state index is 5.44. The first kappa shape index (κ1) is 23.6. The first-order chi connectivity index (χ1) is 13.8. The lowest BCUT2D eigenvalue weighted by Crippen LogP contribution is -2.49. The van der Waals surface area contributed by atoms with Crippen molar-refractivity contribution in [1.29, 1.82) is 0 Å². The van der Waals surface area contributed by atoms with Crippen LogP contribution in [0.2, 0.25) is 0 Å². The number of hydrogen-bond acceptors (Lipinski definition) is 4. The molecular weight excluding hydrogens is 477 g/mol. The number of rotatable bonds is 7. The molecule has 0 amide bonds. The van der Waals surface area contributed by atoms with Crippen molar-refractivity contribution >= 4 is 29.9 Å². The third-order valence-corrected chi connectivity index (χ3v) is 4.89. The van der Waals surface area contributed by atoms with Gasteiger partial charge in [-0.25, -0.2) is 4.99 Å². The zero-order valence-electron chi connectivity index (χ0n) is 17.3. The van der Waals surface area contributed by atoms with Crippen molar-refractivity contribution in [1.82, 2.24) is 20.5 Å². The molecule has 158 valence electrons. The molecule has 1 atom stereocenters. The van der Waals surface area contributed by atoms with Crippen molar-refractivity contribution in [3.8, 4) is 11.3 Å². The van der Waals surface area contributed by atoms with Crippen LogP contribution in [0.15, 0.2) is 53.7 Å². The van der Waals surface area contributed by atoms with Gasteiger partial charge in [0.15, 0.2) is 5.96 Å². The van der Waals surface area contributed by atoms with E-state index in [1.807, 2.05) is 24.4 Å². The van der Waals surface area contributed by atoms with E-state index in [0.29, 0.717) is 12.6 Å². The number of benzene rings is 1. The van der Waals surface area contributed by atoms with E-state index in [-0.39, 0.29) is 24.0 Å². The van der Waals surface area contributed by atoms with Gasteiger partial charge in [-0.05, 0) is 37.6 Å². The van der Waals surface area contributed by atoms with Gasteiger partial charge in [-0.2, -0.15) is 0 Å². The molecule has 6 nitrogen and oxygen atoms in total. The van der Waals surface area contributed by atoms with Crippen molar-refractivity contribution in [3.05, 3.63) is 54.2 Å². The minimum Gasteiger partial charge on any atom is -0.379 e. The van der Waals surface area contributed by atoms with Gasteiger partial charge in [-0.15, -0.1) is 24.0 Å². The monoisotopic (exact) mass is 509 g/mol. The van der Waals surface area contributed by atoms with Crippen molar-refractivity contribution in [3.63, 3.8) is 0 Å². The number of pyridine rings is 1. The molecule has 7 heteroatoms. The normalized spacial score (nSPS) is 16.0. The van der Waals surface area contributed by atoms with Gasteiger partial charge in [0.2, 0.25) is 0 Å². The number of halogens is 1. The molecule has 0 bridgehead atoms. The molecule has 2 heterocycles. The Hall–Kier alpha value is -1.71. The van der Waals surface area contributed by atoms with Crippen LogP contribution in [0.4, 0.5) is 0 Å². The van der Waals surface area contributed by atoms with Crippen LogP contribution in [0.3, 0.4) is 0 Å². The molecular formula is C22H32IN5O. The van der Waals surface area contributed by atoms with Crippen molar-refractivity contribution in [2.24, 2.45) is 4.99 Å². The summed E-state index contributed by atoms with van der Waals surface area (Å²) in [6.07, 6.45) is 1.82. The van der Waals surface area contributed by atoms with E-state index in [4.69, 9.17) is 9.73 Å². The largest absolute Gasteiger partial charge is 0.379 e. The van der Waals surface area contributed by atoms with E-state index in [9.17, 15) is 0 Å². The Labute approximate surface area is 191 Å². The van der Waals surface area contributed by atoms with Crippen LogP contribution in [0.1, 0.15) is 19.4 Å². The van der Waals surface area contributed by atoms with Crippen LogP contribution in [0.25, 0.3) is 11.3 Å². The maximum Gasteiger partial charge on any atom is 0.191 e. The zero-order valence-corrected chi connectivity index (χ0v) is 19.6. The summed E-state index contributed by atoms with van der Waals surface area (Å²) in [5.74, 6) is 0.853. The van der Waals surface area contributed by atoms with E-state index in [1.54, 1.807) is 0 Å². The smallest absolute Gasteiger partial charge is 0.191 e. The number of hydrogen-bond donors (Lipinski definition) is 2. The molecule has 1 aromatic heterocycles. The number of ether oxygens (including phenoxy) is 1. The maximum atomic E-state index is 5.44. The van der Waals surface area contributed by atoms with Crippen LogP contribution >= 0.6 is 24.0 Å². The lowest BCUT2D eigenvalue weighted by atomic mass is 10.1. The Bertz CT molecular complexity index is 750. The van der Waals surface area contributed by atoms with Gasteiger partial charge >= 0.3 is 0 Å². The third-order valence-electron chi connectivity index (χ3n) is 4.89. The average molecular weight is 509 g/mol. The number of aliphatic imine (C=N–C) groups is 1. The van der Waals surface area contributed by atoms with Gasteiger partial charge in [0.1, 0.15) is 0 Å². The fourth-order valence-corrected chi connectivity index (χ4v) is 3.27. The molecule has 2 N–H and O–H groups in total. The predicted molar refractivity (Wildman–Crippen MR) is 130 cm³/mol. The molecule has 0 aliphatic carbocycles. The summed E-state index contributed by atoms with van der Waals surface area (Å²) in [5, 5.41) is 6.82. The first-order valence-corrected chi connectivity index (χ1v) is 10.1. The van der Waals surface area contributed by atoms with E-state index >= 15 is 0 Å². The molecule has 0 spiro atoms. The highest BCUT2D eigenvalue weighted by atomic mass is 127. The fourth-order valence-electron chi connectivity index (χ4n) is 3.27. The summed E-state index contributed by atoms with van der Waals surface area (Å²) in [7, 11) is 0. The van der Waals surface area contributed by atoms with Crippen molar-refractivity contribution in [2.75, 3.05) is 39.4 Å². The second-order valence-corrected chi connectivity index (χ2v) is 6.99. The molecule has 3 rings (SSSR count). The van der Waals surface area contributed by atoms with E-state index < -0.39 is 0 Å². The molecule has 1 unspecified atom stereocenters. The number of morpholine rings is 1. The van der Waals surface area contributed by atoms with Gasteiger partial charge in [0.25, 0.3) is 0 Å². The molecule has 1 fully saturated rings. The van der Waals surface area contributed by atoms with Crippen LogP contribution in [-0.2, 0) is 11.3 Å². The van der Waals surface area contributed by atoms with Crippen LogP contribution in [0.5, 0.6) is 0 Å². The Kier molecular flexibility index (Phi) is 10.4. The van der Waals surface area contributed by atoms with Gasteiger partial charge in [-0.3, -0.25) is 9.88 Å². The topological polar surface area (TPSA) is 61.8 Å². The molecule has 29 heavy (non-hydrogen) atoms. The van der Waals surface area contributed by atoms with E-state index in [1.165, 1.54) is 5.56 Å². The predicted octanol–water partition coefficient (Wildman–Crippen LogP) is 3.14. The third kappa shape index (κ3) is 7.56. The zero-order chi connectivity index (χ0) is 19.6. The summed E-state index contributed by atoms with van der Waals surface area (Å²) >= 11 is 0. The average Bonchev–Trinajstić information content (AvgIpc) is 2.77. The highest BCUT2D eigenvalue weighted by molar-refractivity contribution is 14.0. The molecule has 1 saturated heterocycles. The quantitative estimate of drug-likeness (QED) is 0.341. The first-order valence-electron chi connectivity index (χ1n) is 10.1. The van der Waals surface area contributed by atoms with Crippen molar-refractivity contribution in [2.45, 2.75) is 26.4 Å². The lowest BCUT2D eigenvalue weighted by molar-refractivity contribution is 0.0211. The number of aromatic nitrogens is 1. The van der Waals surface area contributed by atoms with E-state index in [0.717, 1.165) is 56.6 Å². The van der Waals surface area contributed by atoms with Crippen LogP contribution in [-0.4, -0.2) is 61.3 Å². The summed E-state index contributed by atoms with van der Waals surface area (Å²) in [6.45, 7) is 10.3. The fraction of sp³-hybridized carbons (Fsp3) is 0.455. The minimum absolute atomic E-state index is 0. The Morgan fingerprint density at radius 3 is 2.72 bits per heavy atom. The molecule has 0 saturated carbocycles. The minimum atomic E-state index is 0. The van der Waals surface area contributed by atoms with Crippen LogP contribution in [0, 0.1) is 0 Å². The SMILES string of the molecule is CCNC(=NCc1cccc(-c2ccccn2)c1)NCC(C)N1CCOCC1.I. The summed E-state index contributed by atoms with van der Waals surface area (Å²) in [4.78, 5) is 11.7. The van der Waals surface area contributed by atoms with Gasteiger partial charge in [0, 0.05) is 44.0 Å². The number of nitrogens with one attached hydrogen (secondary N) is 2. The molecule has 1 aliphatic heterocycles. The standard InChI is InChI=1S/C22H31N5O.HI/c1-3-23-22(25-16-18(2)27-11-13-28-14-12-27)26-17-19-7-6-8-20(15-19)21-9-4-5-10-24-21;/h4-10,15,18H,3,11-14,16-17H2,1-2H3,(H2,23,25,26);1H. The lowest BCUT2D eigenvalue weighted by Gasteiger charge is -2.32. The highest BCUT2D eigenvalue weighted by Gasteiger charge is 2.16. The van der Waals surface area contributed by atoms with Gasteiger partial charge in [0.05, 0.1) is 25.5 Å². The molecule has 2 aromatic rings. The summed E-state index contributed by atoms with van der Waals surface area (Å²) in [5.41, 5.74) is 3.27. The van der Waals surface area contributed by atoms with E-state index in [2.05, 4.69) is 58.6 Å². The van der Waals surface area contributed by atoms with Crippen molar-refractivity contribution < 1.29 is 4.74 Å². The summed E-state index contributed by atoms with van der Waals surface area (Å²) in [6, 6.07) is 14.8. The van der Waals surface area contributed by atoms with Gasteiger partial charge in [-0.1, -0.05) is 24.3 Å². The molecule has 1 aromatic carbocycles. The number of guanidine groups is 1. The molecule has 0 radical (unpaired) electrons. The Balaban J connectivity index is 0.00000300. The second kappa shape index (κ2) is 12.8. The second-order valence-electron chi connectivity index (χ2n) is 6.99. The van der Waals surface area contributed by atoms with Gasteiger partial charge < -0.3 is 15.4 Å². The molecule has 1 aliphatic rings. The summed E-state index contributed by atoms with van der Waals surface area (Å²) < 4.78 is 5.44. The highest BCUT2D eigenvalue weighted by Crippen LogP contribution is 2.18. The number of nitrogens with zero attached hydrogens (tertiary/aromatic N) is 3.